The summed E-state index contributed by atoms with van der Waals surface area (Å²) < 4.78 is 5.61. The molecule has 0 bridgehead atoms. The minimum absolute atomic E-state index is 0.0143. The predicted octanol–water partition coefficient (Wildman–Crippen LogP) is 1.13. The van der Waals surface area contributed by atoms with Crippen molar-refractivity contribution in [2.24, 2.45) is 0 Å². The average Bonchev–Trinajstić information content (AvgIpc) is 2.81. The van der Waals surface area contributed by atoms with Gasteiger partial charge in [-0.15, -0.1) is 11.8 Å². The lowest BCUT2D eigenvalue weighted by atomic mass is 9.92. The van der Waals surface area contributed by atoms with Crippen LogP contribution >= 0.6 is 11.8 Å². The van der Waals surface area contributed by atoms with Crippen molar-refractivity contribution < 1.29 is 9.53 Å². The lowest BCUT2D eigenvalue weighted by molar-refractivity contribution is 0.0446. The maximum absolute atomic E-state index is 12.2. The summed E-state index contributed by atoms with van der Waals surface area (Å²) in [4.78, 5) is 22.3. The van der Waals surface area contributed by atoms with E-state index in [1.807, 2.05) is 23.6 Å². The van der Waals surface area contributed by atoms with Gasteiger partial charge in [-0.05, 0) is 13.3 Å². The van der Waals surface area contributed by atoms with Gasteiger partial charge < -0.3 is 9.64 Å². The van der Waals surface area contributed by atoms with E-state index in [-0.39, 0.29) is 10.7 Å². The van der Waals surface area contributed by atoms with E-state index < -0.39 is 0 Å². The third-order valence-electron chi connectivity index (χ3n) is 3.75. The quantitative estimate of drug-likeness (QED) is 0.812. The van der Waals surface area contributed by atoms with E-state index in [0.29, 0.717) is 11.8 Å². The van der Waals surface area contributed by atoms with Crippen molar-refractivity contribution in [1.82, 2.24) is 14.9 Å². The second kappa shape index (κ2) is 4.76. The molecule has 3 rings (SSSR count). The summed E-state index contributed by atoms with van der Waals surface area (Å²) in [6, 6.07) is 0. The molecule has 1 spiro atoms. The number of carbonyl (C=O) groups is 1. The Hall–Kier alpha value is -1.14. The number of rotatable bonds is 2. The van der Waals surface area contributed by atoms with Gasteiger partial charge in [0, 0.05) is 32.1 Å². The van der Waals surface area contributed by atoms with Crippen molar-refractivity contribution in [3.8, 4) is 0 Å². The van der Waals surface area contributed by atoms with Gasteiger partial charge in [-0.2, -0.15) is 0 Å². The molecule has 0 aromatic carbocycles. The normalized spacial score (nSPS) is 24.5. The van der Waals surface area contributed by atoms with E-state index >= 15 is 0 Å². The fourth-order valence-electron chi connectivity index (χ4n) is 2.63. The van der Waals surface area contributed by atoms with Gasteiger partial charge in [0.15, 0.2) is 0 Å². The lowest BCUT2D eigenvalue weighted by Crippen LogP contribution is -2.60. The van der Waals surface area contributed by atoms with Crippen LogP contribution in [0.2, 0.25) is 0 Å². The van der Waals surface area contributed by atoms with Crippen LogP contribution < -0.4 is 0 Å². The Labute approximate surface area is 116 Å². The van der Waals surface area contributed by atoms with Gasteiger partial charge in [0.1, 0.15) is 5.69 Å². The fourth-order valence-corrected chi connectivity index (χ4v) is 4.22. The Morgan fingerprint density at radius 1 is 1.47 bits per heavy atom. The van der Waals surface area contributed by atoms with Gasteiger partial charge >= 0.3 is 0 Å². The Balaban J connectivity index is 1.61. The number of methoxy groups -OCH3 is 1. The zero-order chi connectivity index (χ0) is 13.5. The van der Waals surface area contributed by atoms with Crippen LogP contribution in [0, 0.1) is 6.92 Å². The molecular weight excluding hydrogens is 262 g/mol. The molecule has 0 radical (unpaired) electrons. The van der Waals surface area contributed by atoms with Gasteiger partial charge in [0.05, 0.1) is 22.7 Å². The Kier molecular flexibility index (Phi) is 3.22. The van der Waals surface area contributed by atoms with E-state index in [9.17, 15) is 4.79 Å². The van der Waals surface area contributed by atoms with Crippen LogP contribution in [0.5, 0.6) is 0 Å². The monoisotopic (exact) mass is 279 g/mol. The summed E-state index contributed by atoms with van der Waals surface area (Å²) in [5.74, 6) is 1.02. The molecule has 2 aliphatic heterocycles. The van der Waals surface area contributed by atoms with Crippen molar-refractivity contribution in [3.05, 3.63) is 23.8 Å². The number of likely N-dealkylation sites (tertiary alicyclic amines) is 1. The van der Waals surface area contributed by atoms with Gasteiger partial charge in [-0.25, -0.2) is 4.98 Å². The minimum atomic E-state index is -0.0143. The van der Waals surface area contributed by atoms with Gasteiger partial charge in [-0.3, -0.25) is 9.78 Å². The van der Waals surface area contributed by atoms with Crippen molar-refractivity contribution in [3.63, 3.8) is 0 Å². The van der Waals surface area contributed by atoms with Crippen molar-refractivity contribution in [1.29, 1.82) is 0 Å². The molecule has 0 saturated carbocycles. The number of nitrogens with zero attached hydrogens (tertiary/aromatic N) is 3. The molecule has 5 nitrogen and oxygen atoms in total. The highest BCUT2D eigenvalue weighted by Crippen LogP contribution is 2.46. The first-order chi connectivity index (χ1) is 9.12. The van der Waals surface area contributed by atoms with Crippen LogP contribution in [-0.2, 0) is 4.74 Å². The first-order valence-corrected chi connectivity index (χ1v) is 7.35. The SMILES string of the molecule is CO[C@@H]1CSC2(C1)CN(C(=O)c1cnc(C)cn1)C2. The summed E-state index contributed by atoms with van der Waals surface area (Å²) in [5.41, 5.74) is 1.26. The largest absolute Gasteiger partial charge is 0.381 e. The summed E-state index contributed by atoms with van der Waals surface area (Å²) in [6.07, 6.45) is 4.56. The highest BCUT2D eigenvalue weighted by molar-refractivity contribution is 8.01. The molecular formula is C13H17N3O2S. The number of aromatic nitrogens is 2. The number of thioether (sulfide) groups is 1. The van der Waals surface area contributed by atoms with E-state index in [0.717, 1.165) is 31.0 Å². The number of aryl methyl sites for hydroxylation is 1. The molecule has 1 amide bonds. The molecule has 0 aliphatic carbocycles. The van der Waals surface area contributed by atoms with E-state index in [1.54, 1.807) is 19.5 Å². The molecule has 2 aliphatic rings. The summed E-state index contributed by atoms with van der Waals surface area (Å²) >= 11 is 1.93. The second-order valence-corrected chi connectivity index (χ2v) is 6.75. The number of ether oxygens (including phenoxy) is 1. The number of hydrogen-bond donors (Lipinski definition) is 0. The van der Waals surface area contributed by atoms with Crippen LogP contribution in [0.4, 0.5) is 0 Å². The standard InChI is InChI=1S/C13H17N3O2S/c1-9-4-15-11(5-14-9)12(17)16-7-13(8-16)3-10(18-2)6-19-13/h4-5,10H,3,6-8H2,1-2H3/t10-/m0/s1. The van der Waals surface area contributed by atoms with Gasteiger partial charge in [-0.1, -0.05) is 0 Å². The zero-order valence-electron chi connectivity index (χ0n) is 11.1. The lowest BCUT2D eigenvalue weighted by Gasteiger charge is -2.47. The van der Waals surface area contributed by atoms with Crippen molar-refractivity contribution >= 4 is 17.7 Å². The highest BCUT2D eigenvalue weighted by atomic mass is 32.2. The zero-order valence-corrected chi connectivity index (χ0v) is 11.9. The minimum Gasteiger partial charge on any atom is -0.381 e. The van der Waals surface area contributed by atoms with E-state index in [4.69, 9.17) is 4.74 Å². The summed E-state index contributed by atoms with van der Waals surface area (Å²) in [6.45, 7) is 3.46. The maximum atomic E-state index is 12.2. The molecule has 1 atom stereocenters. The average molecular weight is 279 g/mol. The number of carbonyl (C=O) groups excluding carboxylic acids is 1. The Morgan fingerprint density at radius 3 is 2.84 bits per heavy atom. The van der Waals surface area contributed by atoms with Crippen LogP contribution in [0.1, 0.15) is 22.6 Å². The smallest absolute Gasteiger partial charge is 0.274 e. The third-order valence-corrected chi connectivity index (χ3v) is 5.33. The molecule has 0 unspecified atom stereocenters. The first-order valence-electron chi connectivity index (χ1n) is 6.37. The Morgan fingerprint density at radius 2 is 2.26 bits per heavy atom. The molecule has 102 valence electrons. The Bertz CT molecular complexity index is 485. The van der Waals surface area contributed by atoms with Gasteiger partial charge in [0.25, 0.3) is 5.91 Å². The van der Waals surface area contributed by atoms with Crippen molar-refractivity contribution in [2.75, 3.05) is 26.0 Å². The molecule has 2 saturated heterocycles. The van der Waals surface area contributed by atoms with E-state index in [2.05, 4.69) is 9.97 Å². The summed E-state index contributed by atoms with van der Waals surface area (Å²) in [5, 5.41) is 0. The van der Waals surface area contributed by atoms with Crippen LogP contribution in [0.3, 0.4) is 0 Å². The summed E-state index contributed by atoms with van der Waals surface area (Å²) in [7, 11) is 1.76. The molecule has 6 heteroatoms. The molecule has 0 N–H and O–H groups in total. The third kappa shape index (κ3) is 2.34. The van der Waals surface area contributed by atoms with E-state index in [1.165, 1.54) is 0 Å². The predicted molar refractivity (Wildman–Crippen MR) is 73.3 cm³/mol. The molecule has 1 aromatic heterocycles. The van der Waals surface area contributed by atoms with Crippen LogP contribution in [-0.4, -0.2) is 57.6 Å². The first kappa shape index (κ1) is 12.9. The van der Waals surface area contributed by atoms with Crippen LogP contribution in [0.25, 0.3) is 0 Å². The second-order valence-electron chi connectivity index (χ2n) is 5.26. The topological polar surface area (TPSA) is 55.3 Å². The van der Waals surface area contributed by atoms with Gasteiger partial charge in [0.2, 0.25) is 0 Å². The molecule has 1 aromatic rings. The fraction of sp³-hybridized carbons (Fsp3) is 0.615. The molecule has 3 heterocycles. The maximum Gasteiger partial charge on any atom is 0.274 e. The van der Waals surface area contributed by atoms with Crippen LogP contribution in [0.15, 0.2) is 12.4 Å². The molecule has 2 fully saturated rings. The number of hydrogen-bond acceptors (Lipinski definition) is 5. The highest BCUT2D eigenvalue weighted by Gasteiger charge is 2.50. The number of amides is 1. The van der Waals surface area contributed by atoms with Crippen molar-refractivity contribution in [2.45, 2.75) is 24.2 Å². The molecule has 19 heavy (non-hydrogen) atoms.